The number of fused-ring (bicyclic) bond motifs is 1. The lowest BCUT2D eigenvalue weighted by molar-refractivity contribution is -0.119. The minimum absolute atomic E-state index is 0.00657. The number of nitrogens with zero attached hydrogens (tertiary/aromatic N) is 2. The zero-order valence-electron chi connectivity index (χ0n) is 8.40. The number of ether oxygens (including phenoxy) is 2. The topological polar surface area (TPSA) is 51.1 Å². The molecule has 14 heavy (non-hydrogen) atoms. The van der Waals surface area contributed by atoms with E-state index in [2.05, 4.69) is 4.99 Å². The van der Waals surface area contributed by atoms with Crippen LogP contribution in [0.4, 0.5) is 0 Å². The van der Waals surface area contributed by atoms with Gasteiger partial charge in [0.25, 0.3) is 11.9 Å². The zero-order valence-corrected chi connectivity index (χ0v) is 8.40. The monoisotopic (exact) mass is 198 g/mol. The van der Waals surface area contributed by atoms with Crippen LogP contribution in [0.25, 0.3) is 0 Å². The fourth-order valence-corrected chi connectivity index (χ4v) is 1.80. The van der Waals surface area contributed by atoms with Crippen LogP contribution in [0.3, 0.4) is 0 Å². The van der Waals surface area contributed by atoms with Crippen molar-refractivity contribution in [3.63, 3.8) is 0 Å². The van der Waals surface area contributed by atoms with E-state index in [-0.39, 0.29) is 18.1 Å². The van der Waals surface area contributed by atoms with E-state index in [9.17, 15) is 4.79 Å². The fourth-order valence-electron chi connectivity index (χ4n) is 1.80. The summed E-state index contributed by atoms with van der Waals surface area (Å²) < 4.78 is 10.5. The molecule has 0 saturated carbocycles. The van der Waals surface area contributed by atoms with Crippen LogP contribution < -0.4 is 0 Å². The lowest BCUT2D eigenvalue weighted by atomic mass is 10.2. The fraction of sp³-hybridized carbons (Fsp3) is 0.778. The Labute approximate surface area is 82.7 Å². The molecule has 0 radical (unpaired) electrons. The molecule has 5 heteroatoms. The Morgan fingerprint density at radius 3 is 3.21 bits per heavy atom. The lowest BCUT2D eigenvalue weighted by Gasteiger charge is -2.25. The second-order valence-electron chi connectivity index (χ2n) is 3.69. The van der Waals surface area contributed by atoms with Gasteiger partial charge < -0.3 is 14.4 Å². The lowest BCUT2D eigenvalue weighted by Crippen LogP contribution is -2.40. The highest BCUT2D eigenvalue weighted by Gasteiger charge is 2.36. The van der Waals surface area contributed by atoms with Crippen LogP contribution in [0.1, 0.15) is 13.3 Å². The van der Waals surface area contributed by atoms with E-state index in [1.54, 1.807) is 7.11 Å². The van der Waals surface area contributed by atoms with E-state index in [0.29, 0.717) is 19.0 Å². The van der Waals surface area contributed by atoms with Crippen molar-refractivity contribution in [2.24, 2.45) is 4.99 Å². The highest BCUT2D eigenvalue weighted by Crippen LogP contribution is 2.21. The summed E-state index contributed by atoms with van der Waals surface area (Å²) in [4.78, 5) is 17.0. The Morgan fingerprint density at radius 1 is 1.71 bits per heavy atom. The Kier molecular flexibility index (Phi) is 2.41. The van der Waals surface area contributed by atoms with Crippen molar-refractivity contribution >= 4 is 11.9 Å². The van der Waals surface area contributed by atoms with Crippen LogP contribution in [-0.4, -0.2) is 49.2 Å². The molecule has 0 aromatic rings. The molecular weight excluding hydrogens is 184 g/mol. The van der Waals surface area contributed by atoms with Gasteiger partial charge in [-0.15, -0.1) is 0 Å². The van der Waals surface area contributed by atoms with Crippen molar-refractivity contribution in [3.8, 4) is 0 Å². The van der Waals surface area contributed by atoms with Crippen molar-refractivity contribution in [3.05, 3.63) is 0 Å². The third-order valence-corrected chi connectivity index (χ3v) is 2.49. The number of aliphatic imine (C=N–C) groups is 1. The van der Waals surface area contributed by atoms with Crippen molar-refractivity contribution in [1.29, 1.82) is 0 Å². The molecule has 1 amide bonds. The van der Waals surface area contributed by atoms with E-state index >= 15 is 0 Å². The Hall–Kier alpha value is -1.10. The van der Waals surface area contributed by atoms with Crippen LogP contribution >= 0.6 is 0 Å². The molecule has 2 heterocycles. The number of rotatable bonds is 2. The van der Waals surface area contributed by atoms with Crippen molar-refractivity contribution < 1.29 is 14.3 Å². The van der Waals surface area contributed by atoms with Gasteiger partial charge in [0.2, 0.25) is 0 Å². The molecule has 1 saturated heterocycles. The van der Waals surface area contributed by atoms with Crippen LogP contribution in [0.15, 0.2) is 4.99 Å². The number of carbonyl (C=O) groups is 1. The highest BCUT2D eigenvalue weighted by molar-refractivity contribution is 5.94. The minimum Gasteiger partial charge on any atom is -0.457 e. The van der Waals surface area contributed by atoms with E-state index in [4.69, 9.17) is 9.47 Å². The van der Waals surface area contributed by atoms with E-state index in [0.717, 1.165) is 6.54 Å². The summed E-state index contributed by atoms with van der Waals surface area (Å²) in [5.41, 5.74) is 0. The second kappa shape index (κ2) is 3.57. The molecule has 78 valence electrons. The van der Waals surface area contributed by atoms with Crippen LogP contribution in [0.5, 0.6) is 0 Å². The molecule has 2 aliphatic rings. The van der Waals surface area contributed by atoms with E-state index in [1.165, 1.54) is 0 Å². The predicted molar refractivity (Wildman–Crippen MR) is 50.0 cm³/mol. The molecule has 0 spiro atoms. The van der Waals surface area contributed by atoms with Crippen LogP contribution in [-0.2, 0) is 14.3 Å². The Bertz CT molecular complexity index is 277. The number of amides is 1. The van der Waals surface area contributed by atoms with Gasteiger partial charge in [0.15, 0.2) is 0 Å². The molecule has 1 fully saturated rings. The summed E-state index contributed by atoms with van der Waals surface area (Å²) in [5, 5.41) is 0. The average Bonchev–Trinajstić information content (AvgIpc) is 2.48. The maximum atomic E-state index is 11.2. The summed E-state index contributed by atoms with van der Waals surface area (Å²) in [5.74, 6) is -0.0955. The summed E-state index contributed by atoms with van der Waals surface area (Å²) in [6.45, 7) is 3.31. The number of hydrogen-bond donors (Lipinski definition) is 0. The molecule has 0 aliphatic carbocycles. The first-order chi connectivity index (χ1) is 6.70. The van der Waals surface area contributed by atoms with Gasteiger partial charge in [-0.05, 0) is 6.92 Å². The molecule has 0 aromatic carbocycles. The molecule has 2 rings (SSSR count). The zero-order chi connectivity index (χ0) is 10.1. The molecule has 2 atom stereocenters. The summed E-state index contributed by atoms with van der Waals surface area (Å²) >= 11 is 0. The van der Waals surface area contributed by atoms with Gasteiger partial charge in [-0.3, -0.25) is 4.79 Å². The molecule has 2 unspecified atom stereocenters. The van der Waals surface area contributed by atoms with Crippen molar-refractivity contribution in [2.45, 2.75) is 25.5 Å². The maximum Gasteiger partial charge on any atom is 0.296 e. The maximum absolute atomic E-state index is 11.2. The predicted octanol–water partition coefficient (Wildman–Crippen LogP) is 0.00840. The SMILES string of the molecule is COCC1CN2C(=NC(=O)CC2C)O1. The molecular formula is C9H14N2O3. The minimum atomic E-state index is -0.0955. The summed E-state index contributed by atoms with van der Waals surface area (Å²) in [6, 6.07) is 0.660. The van der Waals surface area contributed by atoms with Crippen LogP contribution in [0.2, 0.25) is 0 Å². The van der Waals surface area contributed by atoms with Crippen molar-refractivity contribution in [1.82, 2.24) is 4.90 Å². The number of methoxy groups -OCH3 is 1. The Morgan fingerprint density at radius 2 is 2.50 bits per heavy atom. The van der Waals surface area contributed by atoms with Gasteiger partial charge in [-0.1, -0.05) is 0 Å². The molecule has 5 nitrogen and oxygen atoms in total. The standard InChI is InChI=1S/C9H14N2O3/c1-6-3-8(12)10-9-11(6)4-7(14-9)5-13-2/h6-7H,3-5H2,1-2H3. The first-order valence-corrected chi connectivity index (χ1v) is 4.74. The first kappa shape index (κ1) is 9.45. The molecule has 2 aliphatic heterocycles. The van der Waals surface area contributed by atoms with Gasteiger partial charge in [0, 0.05) is 19.6 Å². The first-order valence-electron chi connectivity index (χ1n) is 4.74. The molecule has 0 N–H and O–H groups in total. The number of hydrogen-bond acceptors (Lipinski definition) is 4. The molecule has 0 bridgehead atoms. The van der Waals surface area contributed by atoms with Gasteiger partial charge in [-0.25, -0.2) is 0 Å². The van der Waals surface area contributed by atoms with Gasteiger partial charge in [-0.2, -0.15) is 4.99 Å². The van der Waals surface area contributed by atoms with Gasteiger partial charge in [0.05, 0.1) is 13.2 Å². The largest absolute Gasteiger partial charge is 0.457 e. The quantitative estimate of drug-likeness (QED) is 0.627. The Balaban J connectivity index is 2.09. The second-order valence-corrected chi connectivity index (χ2v) is 3.69. The van der Waals surface area contributed by atoms with E-state index in [1.807, 2.05) is 11.8 Å². The van der Waals surface area contributed by atoms with Gasteiger partial charge in [0.1, 0.15) is 6.10 Å². The molecule has 0 aromatic heterocycles. The average molecular weight is 198 g/mol. The van der Waals surface area contributed by atoms with Crippen LogP contribution in [0, 0.1) is 0 Å². The van der Waals surface area contributed by atoms with Crippen molar-refractivity contribution in [2.75, 3.05) is 20.3 Å². The third-order valence-electron chi connectivity index (χ3n) is 2.49. The summed E-state index contributed by atoms with van der Waals surface area (Å²) in [6.07, 6.45) is 0.485. The van der Waals surface area contributed by atoms with Gasteiger partial charge >= 0.3 is 0 Å². The van der Waals surface area contributed by atoms with E-state index < -0.39 is 0 Å². The number of amidine groups is 1. The highest BCUT2D eigenvalue weighted by atomic mass is 16.6. The third kappa shape index (κ3) is 1.59. The summed E-state index contributed by atoms with van der Waals surface area (Å²) in [7, 11) is 1.64. The number of carbonyl (C=O) groups excluding carboxylic acids is 1. The smallest absolute Gasteiger partial charge is 0.296 e. The normalized spacial score (nSPS) is 31.1.